The highest BCUT2D eigenvalue weighted by atomic mass is 19.4. The minimum Gasteiger partial charge on any atom is -0.311 e. The number of piperidine rings is 1. The summed E-state index contributed by atoms with van der Waals surface area (Å²) in [5.41, 5.74) is 0. The molecule has 2 nitrogen and oxygen atoms in total. The second-order valence-corrected chi connectivity index (χ2v) is 2.98. The van der Waals surface area contributed by atoms with Crippen molar-refractivity contribution in [2.24, 2.45) is 5.92 Å². The van der Waals surface area contributed by atoms with Crippen LogP contribution in [0.1, 0.15) is 6.42 Å². The van der Waals surface area contributed by atoms with Gasteiger partial charge in [0.25, 0.3) is 0 Å². The molecule has 1 aliphatic heterocycles. The third-order valence-corrected chi connectivity index (χ3v) is 1.96. The number of hydrogen-bond donors (Lipinski definition) is 1. The van der Waals surface area contributed by atoms with Crippen LogP contribution in [-0.2, 0) is 0 Å². The molecule has 0 aromatic rings. The molecule has 1 fully saturated rings. The van der Waals surface area contributed by atoms with Gasteiger partial charge in [0.15, 0.2) is 0 Å². The SMILES string of the molecule is ON1CC(C(F)(F)F)CC(F)C1F. The van der Waals surface area contributed by atoms with E-state index in [1.165, 1.54) is 0 Å². The molecule has 0 amide bonds. The maximum Gasteiger partial charge on any atom is 0.393 e. The number of nitrogens with zero attached hydrogens (tertiary/aromatic N) is 1. The van der Waals surface area contributed by atoms with Gasteiger partial charge in [-0.3, -0.25) is 0 Å². The second-order valence-electron chi connectivity index (χ2n) is 2.98. The molecule has 1 heterocycles. The van der Waals surface area contributed by atoms with Crippen LogP contribution in [0, 0.1) is 5.92 Å². The Morgan fingerprint density at radius 2 is 1.77 bits per heavy atom. The first kappa shape index (κ1) is 10.6. The first-order valence-electron chi connectivity index (χ1n) is 3.62. The lowest BCUT2D eigenvalue weighted by Gasteiger charge is -2.34. The normalized spacial score (nSPS) is 37.8. The Morgan fingerprint density at radius 1 is 1.23 bits per heavy atom. The summed E-state index contributed by atoms with van der Waals surface area (Å²) in [5, 5.41) is 8.36. The van der Waals surface area contributed by atoms with Gasteiger partial charge in [0.1, 0.15) is 6.17 Å². The van der Waals surface area contributed by atoms with Crippen LogP contribution >= 0.6 is 0 Å². The fourth-order valence-corrected chi connectivity index (χ4v) is 1.21. The van der Waals surface area contributed by atoms with Gasteiger partial charge in [-0.15, -0.1) is 0 Å². The van der Waals surface area contributed by atoms with E-state index in [4.69, 9.17) is 5.21 Å². The van der Waals surface area contributed by atoms with Crippen molar-refractivity contribution in [3.05, 3.63) is 0 Å². The third-order valence-electron chi connectivity index (χ3n) is 1.96. The van der Waals surface area contributed by atoms with Gasteiger partial charge in [0.2, 0.25) is 6.30 Å². The van der Waals surface area contributed by atoms with E-state index in [1.54, 1.807) is 0 Å². The third kappa shape index (κ3) is 2.28. The smallest absolute Gasteiger partial charge is 0.311 e. The molecule has 0 saturated carbocycles. The molecule has 7 heteroatoms. The number of alkyl halides is 5. The Morgan fingerprint density at radius 3 is 2.15 bits per heavy atom. The predicted molar refractivity (Wildman–Crippen MR) is 32.4 cm³/mol. The Kier molecular flexibility index (Phi) is 2.76. The lowest BCUT2D eigenvalue weighted by atomic mass is 9.97. The molecular weight excluding hydrogens is 197 g/mol. The molecule has 0 spiro atoms. The summed E-state index contributed by atoms with van der Waals surface area (Å²) in [4.78, 5) is 0. The van der Waals surface area contributed by atoms with Crippen molar-refractivity contribution in [2.45, 2.75) is 25.1 Å². The van der Waals surface area contributed by atoms with Crippen LogP contribution in [-0.4, -0.2) is 35.5 Å². The molecular formula is C6H8F5NO. The number of hydroxylamine groups is 2. The molecule has 0 bridgehead atoms. The molecule has 13 heavy (non-hydrogen) atoms. The lowest BCUT2D eigenvalue weighted by molar-refractivity contribution is -0.264. The van der Waals surface area contributed by atoms with Gasteiger partial charge in [-0.1, -0.05) is 0 Å². The van der Waals surface area contributed by atoms with Gasteiger partial charge in [0.05, 0.1) is 5.92 Å². The largest absolute Gasteiger partial charge is 0.393 e. The summed E-state index contributed by atoms with van der Waals surface area (Å²) in [7, 11) is 0. The van der Waals surface area contributed by atoms with Crippen LogP contribution in [0.4, 0.5) is 22.0 Å². The monoisotopic (exact) mass is 205 g/mol. The van der Waals surface area contributed by atoms with Gasteiger partial charge < -0.3 is 5.21 Å². The van der Waals surface area contributed by atoms with Crippen molar-refractivity contribution in [1.29, 1.82) is 0 Å². The van der Waals surface area contributed by atoms with Gasteiger partial charge in [-0.2, -0.15) is 18.2 Å². The van der Waals surface area contributed by atoms with E-state index < -0.39 is 37.5 Å². The molecule has 1 aliphatic rings. The molecule has 0 aromatic heterocycles. The summed E-state index contributed by atoms with van der Waals surface area (Å²) < 4.78 is 61.0. The summed E-state index contributed by atoms with van der Waals surface area (Å²) in [5.74, 6) is -2.00. The molecule has 1 rings (SSSR count). The van der Waals surface area contributed by atoms with Crippen LogP contribution in [0.5, 0.6) is 0 Å². The van der Waals surface area contributed by atoms with Crippen LogP contribution in [0.3, 0.4) is 0 Å². The number of halogens is 5. The highest BCUT2D eigenvalue weighted by molar-refractivity contribution is 4.82. The zero-order valence-corrected chi connectivity index (χ0v) is 6.43. The fourth-order valence-electron chi connectivity index (χ4n) is 1.21. The average Bonchev–Trinajstić information content (AvgIpc) is 1.97. The van der Waals surface area contributed by atoms with E-state index in [0.29, 0.717) is 0 Å². The molecule has 3 unspecified atom stereocenters. The zero-order chi connectivity index (χ0) is 10.2. The molecule has 0 aromatic carbocycles. The Bertz CT molecular complexity index is 172. The van der Waals surface area contributed by atoms with Crippen molar-refractivity contribution in [2.75, 3.05) is 6.54 Å². The first-order valence-corrected chi connectivity index (χ1v) is 3.62. The molecule has 0 radical (unpaired) electrons. The highest BCUT2D eigenvalue weighted by Gasteiger charge is 2.48. The van der Waals surface area contributed by atoms with Crippen molar-refractivity contribution < 1.29 is 27.2 Å². The molecule has 1 N–H and O–H groups in total. The maximum absolute atomic E-state index is 12.5. The van der Waals surface area contributed by atoms with Crippen molar-refractivity contribution in [3.63, 3.8) is 0 Å². The van der Waals surface area contributed by atoms with E-state index in [1.807, 2.05) is 0 Å². The Hall–Kier alpha value is -0.430. The molecule has 78 valence electrons. The van der Waals surface area contributed by atoms with Crippen LogP contribution in [0.2, 0.25) is 0 Å². The van der Waals surface area contributed by atoms with E-state index in [9.17, 15) is 22.0 Å². The lowest BCUT2D eigenvalue weighted by Crippen LogP contribution is -2.49. The second kappa shape index (κ2) is 3.38. The Balaban J connectivity index is 2.64. The summed E-state index contributed by atoms with van der Waals surface area (Å²) in [6.07, 6.45) is -10.2. The van der Waals surface area contributed by atoms with E-state index in [0.717, 1.165) is 0 Å². The van der Waals surface area contributed by atoms with Gasteiger partial charge in [-0.05, 0) is 6.42 Å². The van der Waals surface area contributed by atoms with Gasteiger partial charge in [0, 0.05) is 6.54 Å². The van der Waals surface area contributed by atoms with Crippen molar-refractivity contribution >= 4 is 0 Å². The van der Waals surface area contributed by atoms with Crippen molar-refractivity contribution in [3.8, 4) is 0 Å². The Labute approximate surface area is 70.9 Å². The topological polar surface area (TPSA) is 23.5 Å². The highest BCUT2D eigenvalue weighted by Crippen LogP contribution is 2.35. The fraction of sp³-hybridized carbons (Fsp3) is 1.00. The van der Waals surface area contributed by atoms with E-state index in [2.05, 4.69) is 0 Å². The minimum atomic E-state index is -4.59. The first-order chi connectivity index (χ1) is 5.82. The van der Waals surface area contributed by atoms with Crippen LogP contribution in [0.15, 0.2) is 0 Å². The summed E-state index contributed by atoms with van der Waals surface area (Å²) >= 11 is 0. The summed E-state index contributed by atoms with van der Waals surface area (Å²) in [6.45, 7) is -0.912. The minimum absolute atomic E-state index is 0.244. The summed E-state index contributed by atoms with van der Waals surface area (Å²) in [6, 6.07) is 0. The predicted octanol–water partition coefficient (Wildman–Crippen LogP) is 1.89. The van der Waals surface area contributed by atoms with Crippen LogP contribution < -0.4 is 0 Å². The standard InChI is InChI=1S/C6H8F5NO/c7-4-1-3(6(9,10)11)2-12(13)5(4)8/h3-5,13H,1-2H2. The van der Waals surface area contributed by atoms with E-state index >= 15 is 0 Å². The van der Waals surface area contributed by atoms with Crippen LogP contribution in [0.25, 0.3) is 0 Å². The maximum atomic E-state index is 12.5. The average molecular weight is 205 g/mol. The van der Waals surface area contributed by atoms with Gasteiger partial charge in [-0.25, -0.2) is 8.78 Å². The number of hydrogen-bond acceptors (Lipinski definition) is 2. The van der Waals surface area contributed by atoms with Gasteiger partial charge >= 0.3 is 6.18 Å². The van der Waals surface area contributed by atoms with E-state index in [-0.39, 0.29) is 5.06 Å². The number of rotatable bonds is 0. The van der Waals surface area contributed by atoms with Crippen molar-refractivity contribution in [1.82, 2.24) is 5.06 Å². The molecule has 0 aliphatic carbocycles. The zero-order valence-electron chi connectivity index (χ0n) is 6.43. The molecule has 3 atom stereocenters. The molecule has 1 saturated heterocycles. The quantitative estimate of drug-likeness (QED) is 0.482.